The van der Waals surface area contributed by atoms with Crippen molar-refractivity contribution in [1.29, 1.82) is 0 Å². The molecule has 0 aromatic carbocycles. The van der Waals surface area contributed by atoms with Crippen molar-refractivity contribution in [2.45, 2.75) is 52.6 Å². The van der Waals surface area contributed by atoms with E-state index in [1.807, 2.05) is 27.7 Å². The Morgan fingerprint density at radius 1 is 1.19 bits per heavy atom. The zero-order valence-corrected chi connectivity index (χ0v) is 10.4. The largest absolute Gasteiger partial charge is 0.465 e. The molecule has 0 aromatic rings. The van der Waals surface area contributed by atoms with Gasteiger partial charge in [-0.1, -0.05) is 27.7 Å². The molecule has 2 atom stereocenters. The Balaban J connectivity index is 2.98. The summed E-state index contributed by atoms with van der Waals surface area (Å²) in [5.74, 6) is 0.554. The Bertz CT molecular complexity index is 266. The van der Waals surface area contributed by atoms with E-state index in [1.165, 1.54) is 4.90 Å². The molecule has 1 aliphatic heterocycles. The summed E-state index contributed by atoms with van der Waals surface area (Å²) in [4.78, 5) is 24.4. The SMILES string of the molecule is CC(C)[C@H]1CC(=O)C[C@H](C(C)C)N1C(=O)O. The third-order valence-corrected chi connectivity index (χ3v) is 3.35. The van der Waals surface area contributed by atoms with Crippen LogP contribution in [-0.2, 0) is 4.79 Å². The van der Waals surface area contributed by atoms with Crippen molar-refractivity contribution in [3.8, 4) is 0 Å². The first-order valence-electron chi connectivity index (χ1n) is 5.87. The summed E-state index contributed by atoms with van der Waals surface area (Å²) < 4.78 is 0. The molecule has 1 fully saturated rings. The van der Waals surface area contributed by atoms with E-state index in [2.05, 4.69) is 0 Å². The molecular weight excluding hydrogens is 206 g/mol. The molecule has 1 amide bonds. The highest BCUT2D eigenvalue weighted by molar-refractivity contribution is 5.82. The van der Waals surface area contributed by atoms with Gasteiger partial charge in [-0.05, 0) is 11.8 Å². The maximum absolute atomic E-state index is 11.6. The number of hydrogen-bond acceptors (Lipinski definition) is 2. The van der Waals surface area contributed by atoms with Crippen LogP contribution in [0, 0.1) is 11.8 Å². The van der Waals surface area contributed by atoms with Gasteiger partial charge in [-0.25, -0.2) is 4.79 Å². The maximum Gasteiger partial charge on any atom is 0.407 e. The van der Waals surface area contributed by atoms with Gasteiger partial charge in [0.15, 0.2) is 0 Å². The van der Waals surface area contributed by atoms with Crippen LogP contribution < -0.4 is 0 Å². The van der Waals surface area contributed by atoms with E-state index in [0.29, 0.717) is 12.8 Å². The molecule has 1 aliphatic rings. The number of likely N-dealkylation sites (tertiary alicyclic amines) is 1. The van der Waals surface area contributed by atoms with E-state index in [4.69, 9.17) is 0 Å². The Morgan fingerprint density at radius 3 is 1.81 bits per heavy atom. The first-order valence-corrected chi connectivity index (χ1v) is 5.87. The first kappa shape index (κ1) is 13.0. The Morgan fingerprint density at radius 2 is 1.56 bits per heavy atom. The number of amides is 1. The quantitative estimate of drug-likeness (QED) is 0.788. The minimum atomic E-state index is -0.898. The minimum absolute atomic E-state index is 0.161. The second-order valence-corrected chi connectivity index (χ2v) is 5.26. The Hall–Kier alpha value is -1.06. The third kappa shape index (κ3) is 2.54. The Kier molecular flexibility index (Phi) is 3.94. The van der Waals surface area contributed by atoms with Crippen LogP contribution in [0.1, 0.15) is 40.5 Å². The van der Waals surface area contributed by atoms with Crippen molar-refractivity contribution in [2.24, 2.45) is 11.8 Å². The molecule has 0 bridgehead atoms. The van der Waals surface area contributed by atoms with E-state index >= 15 is 0 Å². The van der Waals surface area contributed by atoms with Crippen LogP contribution >= 0.6 is 0 Å². The second kappa shape index (κ2) is 4.85. The van der Waals surface area contributed by atoms with Crippen molar-refractivity contribution < 1.29 is 14.7 Å². The van der Waals surface area contributed by atoms with Crippen molar-refractivity contribution >= 4 is 11.9 Å². The molecule has 1 saturated heterocycles. The molecule has 16 heavy (non-hydrogen) atoms. The summed E-state index contributed by atoms with van der Waals surface area (Å²) in [5.41, 5.74) is 0. The zero-order chi connectivity index (χ0) is 12.5. The van der Waals surface area contributed by atoms with Crippen molar-refractivity contribution in [3.63, 3.8) is 0 Å². The van der Waals surface area contributed by atoms with Gasteiger partial charge in [0.25, 0.3) is 0 Å². The molecule has 4 nitrogen and oxygen atoms in total. The highest BCUT2D eigenvalue weighted by Gasteiger charge is 2.40. The molecular formula is C12H21NO3. The van der Waals surface area contributed by atoms with E-state index in [1.54, 1.807) is 0 Å². The lowest BCUT2D eigenvalue weighted by Gasteiger charge is -2.43. The van der Waals surface area contributed by atoms with Gasteiger partial charge in [0.05, 0.1) is 0 Å². The summed E-state index contributed by atoms with van der Waals surface area (Å²) in [6.07, 6.45) is -0.162. The highest BCUT2D eigenvalue weighted by atomic mass is 16.4. The predicted octanol–water partition coefficient (Wildman–Crippen LogP) is 2.38. The van der Waals surface area contributed by atoms with Crippen LogP contribution in [0.4, 0.5) is 4.79 Å². The number of carbonyl (C=O) groups is 2. The van der Waals surface area contributed by atoms with E-state index in [9.17, 15) is 14.7 Å². The standard InChI is InChI=1S/C12H21NO3/c1-7(2)10-5-9(14)6-11(8(3)4)13(10)12(15)16/h7-8,10-11H,5-6H2,1-4H3,(H,15,16)/t10-,11-/m1/s1. The highest BCUT2D eigenvalue weighted by Crippen LogP contribution is 2.29. The molecule has 1 N–H and O–H groups in total. The number of ketones is 1. The smallest absolute Gasteiger partial charge is 0.407 e. The molecule has 1 rings (SSSR count). The molecule has 0 radical (unpaired) electrons. The number of hydrogen-bond donors (Lipinski definition) is 1. The van der Waals surface area contributed by atoms with Crippen molar-refractivity contribution in [2.75, 3.05) is 0 Å². The molecule has 4 heteroatoms. The minimum Gasteiger partial charge on any atom is -0.465 e. The van der Waals surface area contributed by atoms with Crippen molar-refractivity contribution in [1.82, 2.24) is 4.90 Å². The molecule has 0 aromatic heterocycles. The number of carboxylic acid groups (broad SMARTS) is 1. The predicted molar refractivity (Wildman–Crippen MR) is 61.4 cm³/mol. The van der Waals surface area contributed by atoms with Gasteiger partial charge in [0.2, 0.25) is 0 Å². The zero-order valence-electron chi connectivity index (χ0n) is 10.4. The number of rotatable bonds is 2. The Labute approximate surface area is 96.6 Å². The average Bonchev–Trinajstić information content (AvgIpc) is 2.15. The molecule has 0 aliphatic carbocycles. The monoisotopic (exact) mass is 227 g/mol. The first-order chi connectivity index (χ1) is 7.34. The summed E-state index contributed by atoms with van der Waals surface area (Å²) in [7, 11) is 0. The molecule has 0 spiro atoms. The van der Waals surface area contributed by atoms with Gasteiger partial charge in [-0.15, -0.1) is 0 Å². The van der Waals surface area contributed by atoms with Gasteiger partial charge < -0.3 is 10.0 Å². The lowest BCUT2D eigenvalue weighted by Crippen LogP contribution is -2.55. The lowest BCUT2D eigenvalue weighted by atomic mass is 9.84. The van der Waals surface area contributed by atoms with Gasteiger partial charge in [-0.3, -0.25) is 4.79 Å². The fourth-order valence-electron chi connectivity index (χ4n) is 2.39. The van der Waals surface area contributed by atoms with Gasteiger partial charge in [0, 0.05) is 24.9 Å². The summed E-state index contributed by atoms with van der Waals surface area (Å²) in [5, 5.41) is 9.28. The summed E-state index contributed by atoms with van der Waals surface area (Å²) in [6.45, 7) is 7.88. The van der Waals surface area contributed by atoms with E-state index in [0.717, 1.165) is 0 Å². The van der Waals surface area contributed by atoms with E-state index in [-0.39, 0.29) is 29.7 Å². The van der Waals surface area contributed by atoms with Crippen molar-refractivity contribution in [3.05, 3.63) is 0 Å². The second-order valence-electron chi connectivity index (χ2n) is 5.26. The van der Waals surface area contributed by atoms with Crippen LogP contribution in [0.15, 0.2) is 0 Å². The van der Waals surface area contributed by atoms with Crippen LogP contribution in [0.25, 0.3) is 0 Å². The fraction of sp³-hybridized carbons (Fsp3) is 0.833. The number of carbonyl (C=O) groups excluding carboxylic acids is 1. The third-order valence-electron chi connectivity index (χ3n) is 3.35. The van der Waals surface area contributed by atoms with Gasteiger partial charge >= 0.3 is 6.09 Å². The number of Topliss-reactive ketones (excluding diaryl/α,β-unsaturated/α-hetero) is 1. The van der Waals surface area contributed by atoms with E-state index < -0.39 is 6.09 Å². The van der Waals surface area contributed by atoms with Gasteiger partial charge in [-0.2, -0.15) is 0 Å². The molecule has 92 valence electrons. The van der Waals surface area contributed by atoms with Crippen LogP contribution in [0.2, 0.25) is 0 Å². The van der Waals surface area contributed by atoms with Crippen LogP contribution in [0.5, 0.6) is 0 Å². The topological polar surface area (TPSA) is 57.6 Å². The fourth-order valence-corrected chi connectivity index (χ4v) is 2.39. The molecule has 0 unspecified atom stereocenters. The van der Waals surface area contributed by atoms with Crippen LogP contribution in [-0.4, -0.2) is 34.0 Å². The number of piperidine rings is 1. The normalized spacial score (nSPS) is 26.6. The maximum atomic E-state index is 11.6. The average molecular weight is 227 g/mol. The van der Waals surface area contributed by atoms with Crippen LogP contribution in [0.3, 0.4) is 0 Å². The lowest BCUT2D eigenvalue weighted by molar-refractivity contribution is -0.126. The number of nitrogens with zero attached hydrogens (tertiary/aromatic N) is 1. The molecule has 0 saturated carbocycles. The summed E-state index contributed by atoms with van der Waals surface area (Å²) >= 11 is 0. The molecule has 1 heterocycles. The van der Waals surface area contributed by atoms with Gasteiger partial charge in [0.1, 0.15) is 5.78 Å². The summed E-state index contributed by atoms with van der Waals surface area (Å²) in [6, 6.07) is -0.322.